The third-order valence-electron chi connectivity index (χ3n) is 5.71. The molecule has 0 unspecified atom stereocenters. The second kappa shape index (κ2) is 10.8. The lowest BCUT2D eigenvalue weighted by Crippen LogP contribution is -2.33. The van der Waals surface area contributed by atoms with E-state index in [0.717, 1.165) is 35.3 Å². The Labute approximate surface area is 168 Å². The number of hydrogen-bond acceptors (Lipinski definition) is 2. The molecule has 0 atom stereocenters. The van der Waals surface area contributed by atoms with E-state index >= 15 is 0 Å². The maximum Gasteiger partial charge on any atom is 0.223 e. The van der Waals surface area contributed by atoms with Gasteiger partial charge in [-0.2, -0.15) is 0 Å². The van der Waals surface area contributed by atoms with Gasteiger partial charge >= 0.3 is 0 Å². The number of unbranched alkanes of at least 4 members (excludes halogenated alkanes) is 1. The van der Waals surface area contributed by atoms with E-state index in [9.17, 15) is 4.79 Å². The monoisotopic (exact) mass is 377 g/mol. The number of nitrogens with one attached hydrogen (secondary N) is 1. The Morgan fingerprint density at radius 2 is 1.86 bits per heavy atom. The standard InChI is InChI=1S/C25H31NO2/c1-2-3-9-20-14-16-22(17-15-20)25(27)26-18-6-7-19-28-24-13-8-11-21-10-4-5-12-23(21)24/h4-5,8,10-13,20,22H,2-3,9,14-19H2,1H3,(H,26,27). The summed E-state index contributed by atoms with van der Waals surface area (Å²) < 4.78 is 5.80. The van der Waals surface area contributed by atoms with Gasteiger partial charge in [0.05, 0.1) is 6.54 Å². The summed E-state index contributed by atoms with van der Waals surface area (Å²) in [5, 5.41) is 5.22. The highest BCUT2D eigenvalue weighted by molar-refractivity contribution is 5.88. The third kappa shape index (κ3) is 5.76. The lowest BCUT2D eigenvalue weighted by Gasteiger charge is -2.27. The van der Waals surface area contributed by atoms with Crippen molar-refractivity contribution in [2.24, 2.45) is 11.8 Å². The van der Waals surface area contributed by atoms with Crippen LogP contribution in [0.2, 0.25) is 0 Å². The Balaban J connectivity index is 1.37. The van der Waals surface area contributed by atoms with E-state index in [1.807, 2.05) is 24.3 Å². The smallest absolute Gasteiger partial charge is 0.223 e. The summed E-state index contributed by atoms with van der Waals surface area (Å²) in [6.07, 6.45) is 8.36. The fraction of sp³-hybridized carbons (Fsp3) is 0.480. The molecule has 3 heteroatoms. The number of hydrogen-bond donors (Lipinski definition) is 1. The number of benzene rings is 2. The van der Waals surface area contributed by atoms with E-state index < -0.39 is 0 Å². The van der Waals surface area contributed by atoms with Gasteiger partial charge in [0.2, 0.25) is 5.91 Å². The van der Waals surface area contributed by atoms with Crippen LogP contribution in [0.1, 0.15) is 51.9 Å². The van der Waals surface area contributed by atoms with Crippen LogP contribution in [0.4, 0.5) is 0 Å². The zero-order valence-corrected chi connectivity index (χ0v) is 16.9. The van der Waals surface area contributed by atoms with Crippen molar-refractivity contribution in [3.63, 3.8) is 0 Å². The van der Waals surface area contributed by atoms with Crippen LogP contribution in [-0.4, -0.2) is 19.1 Å². The van der Waals surface area contributed by atoms with Crippen molar-refractivity contribution in [3.8, 4) is 17.6 Å². The van der Waals surface area contributed by atoms with E-state index in [2.05, 4.69) is 42.3 Å². The first kappa shape index (κ1) is 20.3. The van der Waals surface area contributed by atoms with E-state index in [1.54, 1.807) is 0 Å². The summed E-state index contributed by atoms with van der Waals surface area (Å²) in [4.78, 5) is 12.3. The van der Waals surface area contributed by atoms with Gasteiger partial charge < -0.3 is 10.1 Å². The Bertz CT molecular complexity index is 820. The van der Waals surface area contributed by atoms with Crippen LogP contribution >= 0.6 is 0 Å². The van der Waals surface area contributed by atoms with Crippen molar-refractivity contribution in [1.82, 2.24) is 5.32 Å². The van der Waals surface area contributed by atoms with Gasteiger partial charge in [-0.05, 0) is 43.1 Å². The number of amides is 1. The van der Waals surface area contributed by atoms with Crippen LogP contribution in [0.25, 0.3) is 10.8 Å². The number of rotatable bonds is 7. The fourth-order valence-corrected chi connectivity index (χ4v) is 4.03. The summed E-state index contributed by atoms with van der Waals surface area (Å²) in [5.74, 6) is 8.01. The van der Waals surface area contributed by atoms with Gasteiger partial charge in [-0.3, -0.25) is 4.79 Å². The minimum atomic E-state index is 0.165. The van der Waals surface area contributed by atoms with Crippen molar-refractivity contribution in [3.05, 3.63) is 42.5 Å². The molecular weight excluding hydrogens is 346 g/mol. The molecule has 148 valence electrons. The normalized spacial score (nSPS) is 18.9. The van der Waals surface area contributed by atoms with Crippen LogP contribution in [-0.2, 0) is 4.79 Å². The molecule has 0 aromatic heterocycles. The molecule has 1 fully saturated rings. The Morgan fingerprint density at radius 3 is 2.68 bits per heavy atom. The molecule has 0 spiro atoms. The minimum Gasteiger partial charge on any atom is -0.480 e. The largest absolute Gasteiger partial charge is 0.480 e. The topological polar surface area (TPSA) is 38.3 Å². The van der Waals surface area contributed by atoms with Crippen molar-refractivity contribution < 1.29 is 9.53 Å². The molecular formula is C25H31NO2. The predicted molar refractivity (Wildman–Crippen MR) is 115 cm³/mol. The predicted octanol–water partition coefficient (Wildman–Crippen LogP) is 5.33. The summed E-state index contributed by atoms with van der Waals surface area (Å²) in [7, 11) is 0. The van der Waals surface area contributed by atoms with Crippen LogP contribution in [0.5, 0.6) is 5.75 Å². The lowest BCUT2D eigenvalue weighted by atomic mass is 9.79. The van der Waals surface area contributed by atoms with E-state index in [4.69, 9.17) is 4.74 Å². The first-order valence-electron chi connectivity index (χ1n) is 10.6. The first-order valence-corrected chi connectivity index (χ1v) is 10.6. The molecule has 3 rings (SSSR count). The number of ether oxygens (including phenoxy) is 1. The Kier molecular flexibility index (Phi) is 7.79. The number of fused-ring (bicyclic) bond motifs is 1. The molecule has 1 amide bonds. The maximum atomic E-state index is 12.3. The summed E-state index contributed by atoms with van der Waals surface area (Å²) in [6.45, 7) is 2.97. The second-order valence-corrected chi connectivity index (χ2v) is 7.70. The molecule has 0 radical (unpaired) electrons. The van der Waals surface area contributed by atoms with Crippen molar-refractivity contribution in [1.29, 1.82) is 0 Å². The summed E-state index contributed by atoms with van der Waals surface area (Å²) in [6, 6.07) is 14.2. The van der Waals surface area contributed by atoms with Gasteiger partial charge in [-0.1, -0.05) is 74.4 Å². The average molecular weight is 378 g/mol. The number of carbonyl (C=O) groups excluding carboxylic acids is 1. The van der Waals surface area contributed by atoms with Gasteiger partial charge in [0.25, 0.3) is 0 Å². The third-order valence-corrected chi connectivity index (χ3v) is 5.71. The second-order valence-electron chi connectivity index (χ2n) is 7.70. The fourth-order valence-electron chi connectivity index (χ4n) is 4.03. The van der Waals surface area contributed by atoms with Crippen LogP contribution in [0.3, 0.4) is 0 Å². The summed E-state index contributed by atoms with van der Waals surface area (Å²) in [5.41, 5.74) is 0. The van der Waals surface area contributed by atoms with Crippen molar-refractivity contribution >= 4 is 16.7 Å². The van der Waals surface area contributed by atoms with Crippen molar-refractivity contribution in [2.45, 2.75) is 51.9 Å². The Hall–Kier alpha value is -2.47. The molecule has 1 N–H and O–H groups in total. The van der Waals surface area contributed by atoms with E-state index in [-0.39, 0.29) is 11.8 Å². The molecule has 0 aliphatic heterocycles. The zero-order chi connectivity index (χ0) is 19.6. The molecule has 0 heterocycles. The average Bonchev–Trinajstić information content (AvgIpc) is 2.75. The molecule has 2 aromatic rings. The highest BCUT2D eigenvalue weighted by Crippen LogP contribution is 2.31. The molecule has 1 aliphatic carbocycles. The van der Waals surface area contributed by atoms with Crippen LogP contribution in [0, 0.1) is 23.7 Å². The van der Waals surface area contributed by atoms with Gasteiger partial charge in [-0.15, -0.1) is 0 Å². The zero-order valence-electron chi connectivity index (χ0n) is 16.9. The Morgan fingerprint density at radius 1 is 1.07 bits per heavy atom. The van der Waals surface area contributed by atoms with Gasteiger partial charge in [-0.25, -0.2) is 0 Å². The number of carbonyl (C=O) groups is 1. The van der Waals surface area contributed by atoms with Crippen LogP contribution in [0.15, 0.2) is 42.5 Å². The molecule has 1 aliphatic rings. The molecule has 2 aromatic carbocycles. The molecule has 1 saturated carbocycles. The molecule has 28 heavy (non-hydrogen) atoms. The minimum absolute atomic E-state index is 0.165. The summed E-state index contributed by atoms with van der Waals surface area (Å²) >= 11 is 0. The lowest BCUT2D eigenvalue weighted by molar-refractivity contribution is -0.125. The van der Waals surface area contributed by atoms with Gasteiger partial charge in [0.15, 0.2) is 0 Å². The van der Waals surface area contributed by atoms with Gasteiger partial charge in [0.1, 0.15) is 12.4 Å². The maximum absolute atomic E-state index is 12.3. The first-order chi connectivity index (χ1) is 13.8. The van der Waals surface area contributed by atoms with Crippen molar-refractivity contribution in [2.75, 3.05) is 13.2 Å². The van der Waals surface area contributed by atoms with E-state index in [0.29, 0.717) is 13.2 Å². The molecule has 0 saturated heterocycles. The molecule has 0 bridgehead atoms. The van der Waals surface area contributed by atoms with Gasteiger partial charge in [0, 0.05) is 11.3 Å². The highest BCUT2D eigenvalue weighted by Gasteiger charge is 2.25. The van der Waals surface area contributed by atoms with Crippen LogP contribution < -0.4 is 10.1 Å². The quantitative estimate of drug-likeness (QED) is 0.662. The highest BCUT2D eigenvalue weighted by atomic mass is 16.5. The molecule has 3 nitrogen and oxygen atoms in total. The SMILES string of the molecule is CCCCC1CCC(C(=O)NCC#CCOc2cccc3ccccc23)CC1. The van der Waals surface area contributed by atoms with E-state index in [1.165, 1.54) is 32.1 Å².